The SMILES string of the molecule is CCOc1cc2ncnc(Nc3ccc(F)c(Cl)c3)c2cc1NC(=O)C(=O)N1CCN(C(C)=O)CC1.CCOc1cc2ncnc(Nc3ccc(F)c(Cl)c3)c2cc1NC(=O)C(=O)N1CCN(C)CC1.CCOc1cc2ncnc(Nc3ccc(F)c(Cl)c3)c2cc1NC(=O)C(=O)N1CCN(CC)CC1.CCOc1cc2ncnc(Nc3ccc(F)c(Cl)c3)c2cc1NC(=O)C(=O)c1ccccc1. The van der Waals surface area contributed by atoms with E-state index in [-0.39, 0.29) is 56.0 Å². The first-order valence-corrected chi connectivity index (χ1v) is 44.9. The number of halogens is 8. The zero-order chi connectivity index (χ0) is 98.4. The number of anilines is 12. The number of carbonyl (C=O) groups excluding carboxylic acids is 9. The van der Waals surface area contributed by atoms with Gasteiger partial charge in [0.2, 0.25) is 5.91 Å². The Hall–Kier alpha value is -15.0. The van der Waals surface area contributed by atoms with Crippen LogP contribution in [0.3, 0.4) is 0 Å². The summed E-state index contributed by atoms with van der Waals surface area (Å²) in [7, 11) is 1.97. The summed E-state index contributed by atoms with van der Waals surface area (Å²) >= 11 is 23.5. The number of amides is 8. The number of benzene rings is 9. The molecule has 4 aromatic heterocycles. The Labute approximate surface area is 807 Å². The third-order valence-electron chi connectivity index (χ3n) is 21.6. The van der Waals surface area contributed by atoms with Gasteiger partial charge in [-0.2, -0.15) is 0 Å². The minimum absolute atomic E-state index is 0.0294. The lowest BCUT2D eigenvalue weighted by Gasteiger charge is -2.33. The molecule has 35 nitrogen and oxygen atoms in total. The number of Topliss-reactive ketones (excluding diaryl/α,β-unsaturated/α-hetero) is 1. The van der Waals surface area contributed by atoms with Gasteiger partial charge in [0.1, 0.15) is 94.8 Å². The predicted octanol–water partition coefficient (Wildman–Crippen LogP) is 15.5. The average molecular weight is 1970 g/mol. The van der Waals surface area contributed by atoms with Crippen LogP contribution in [0, 0.1) is 23.3 Å². The number of ketones is 1. The number of carbonyl (C=O) groups is 9. The molecule has 43 heteroatoms. The molecular weight excluding hydrogens is 1870 g/mol. The highest BCUT2D eigenvalue weighted by Crippen LogP contribution is 2.40. The molecule has 9 aromatic carbocycles. The van der Waals surface area contributed by atoms with Gasteiger partial charge in [-0.1, -0.05) is 83.7 Å². The summed E-state index contributed by atoms with van der Waals surface area (Å²) in [5.41, 5.74) is 5.69. The van der Waals surface area contributed by atoms with Gasteiger partial charge in [-0.3, -0.25) is 43.2 Å². The molecule has 8 N–H and O–H groups in total. The van der Waals surface area contributed by atoms with Crippen molar-refractivity contribution in [1.82, 2.24) is 69.3 Å². The van der Waals surface area contributed by atoms with Crippen LogP contribution in [-0.2, 0) is 38.4 Å². The quantitative estimate of drug-likeness (QED) is 0.0167. The van der Waals surface area contributed by atoms with Crippen LogP contribution in [0.15, 0.2) is 177 Å². The zero-order valence-corrected chi connectivity index (χ0v) is 78.4. The molecule has 7 heterocycles. The van der Waals surface area contributed by atoms with Crippen molar-refractivity contribution < 1.29 is 79.7 Å². The van der Waals surface area contributed by atoms with Crippen molar-refractivity contribution in [3.8, 4) is 23.0 Å². The summed E-state index contributed by atoms with van der Waals surface area (Å²) in [6, 6.07) is 38.2. The molecule has 138 heavy (non-hydrogen) atoms. The first-order chi connectivity index (χ1) is 66.5. The first kappa shape index (κ1) is 100. The third kappa shape index (κ3) is 25.6. The lowest BCUT2D eigenvalue weighted by molar-refractivity contribution is -0.145. The summed E-state index contributed by atoms with van der Waals surface area (Å²) in [4.78, 5) is 158. The van der Waals surface area contributed by atoms with Gasteiger partial charge in [-0.05, 0) is 138 Å². The minimum Gasteiger partial charge on any atom is -0.492 e. The van der Waals surface area contributed by atoms with Crippen LogP contribution in [0.1, 0.15) is 51.9 Å². The van der Waals surface area contributed by atoms with Gasteiger partial charge in [0.25, 0.3) is 11.7 Å². The van der Waals surface area contributed by atoms with E-state index in [1.807, 2.05) is 20.9 Å². The fourth-order valence-corrected chi connectivity index (χ4v) is 15.1. The zero-order valence-electron chi connectivity index (χ0n) is 75.4. The van der Waals surface area contributed by atoms with Crippen LogP contribution in [0.4, 0.5) is 86.3 Å². The standard InChI is InChI=1S/C24H24ClFN6O4.C24H26ClFN6O3.C24H18ClFN4O3.C23H24ClFN6O3/c1-3-36-21-12-19-16(22(28-13-27-19)29-15-4-5-18(26)17(25)10-15)11-20(21)30-23(34)24(35)32-8-6-31(7-9-32)14(2)33;1-3-31-7-9-32(10-8-31)24(34)23(33)30-20-12-16-19(13-21(20)35-4-2)27-14-28-22(16)29-15-5-6-18(26)17(25)11-15;1-2-33-21-12-19-16(11-20(21)30-24(32)22(31)14-6-4-3-5-7-14)23(28-13-27-19)29-15-8-9-18(26)17(25)10-15;1-3-34-20-12-18-15(21(27-13-26-18)28-14-4-5-17(25)16(24)10-14)11-19(20)29-22(32)23(33)31-8-6-30(2)7-9-31/h4-5,10-13H,3,6-9H2,1-2H3,(H,30,34)(H,27,28,29);5-6,11-14H,3-4,7-10H2,1-2H3,(H,30,33)(H,27,28,29);3-13H,2H2,1H3,(H,30,32)(H,27,28,29);4-5,10-13H,3,6-9H2,1-2H3,(H,29,32)(H,26,27,28). The molecule has 3 aliphatic rings. The second-order valence-corrected chi connectivity index (χ2v) is 32.4. The highest BCUT2D eigenvalue weighted by Gasteiger charge is 2.32. The van der Waals surface area contributed by atoms with E-state index in [2.05, 4.69) is 99.1 Å². The number of piperazine rings is 3. The smallest absolute Gasteiger partial charge is 0.314 e. The van der Waals surface area contributed by atoms with Gasteiger partial charge < -0.3 is 90.9 Å². The number of aromatic nitrogens is 8. The van der Waals surface area contributed by atoms with E-state index in [0.717, 1.165) is 19.6 Å². The Morgan fingerprint density at radius 2 is 0.601 bits per heavy atom. The summed E-state index contributed by atoms with van der Waals surface area (Å²) in [6.45, 7) is 19.2. The van der Waals surface area contributed by atoms with Crippen molar-refractivity contribution >= 4 is 212 Å². The number of hydrogen-bond acceptors (Lipinski definition) is 27. The van der Waals surface area contributed by atoms with E-state index in [1.54, 1.807) is 103 Å². The van der Waals surface area contributed by atoms with Gasteiger partial charge in [-0.15, -0.1) is 0 Å². The van der Waals surface area contributed by atoms with Crippen molar-refractivity contribution in [2.75, 3.05) is 161 Å². The van der Waals surface area contributed by atoms with Crippen molar-refractivity contribution in [3.05, 3.63) is 226 Å². The number of ether oxygens (including phenoxy) is 4. The number of nitrogens with one attached hydrogen (secondary N) is 8. The fraction of sp³-hybridized carbons (Fsp3) is 0.253. The molecule has 0 unspecified atom stereocenters. The molecule has 8 amide bonds. The van der Waals surface area contributed by atoms with E-state index in [0.29, 0.717) is 203 Å². The second kappa shape index (κ2) is 47.0. The number of fused-ring (bicyclic) bond motifs is 4. The van der Waals surface area contributed by atoms with Gasteiger partial charge >= 0.3 is 35.4 Å². The molecule has 0 spiro atoms. The van der Waals surface area contributed by atoms with Gasteiger partial charge in [0.15, 0.2) is 0 Å². The molecule has 3 aliphatic heterocycles. The molecule has 16 rings (SSSR count). The molecule has 0 atom stereocenters. The van der Waals surface area contributed by atoms with Crippen molar-refractivity contribution in [3.63, 3.8) is 0 Å². The largest absolute Gasteiger partial charge is 0.492 e. The highest BCUT2D eigenvalue weighted by atomic mass is 35.5. The van der Waals surface area contributed by atoms with Crippen molar-refractivity contribution in [1.29, 1.82) is 0 Å². The number of rotatable bonds is 23. The van der Waals surface area contributed by atoms with Crippen LogP contribution in [0.2, 0.25) is 20.1 Å². The van der Waals surface area contributed by atoms with E-state index >= 15 is 0 Å². The Morgan fingerprint density at radius 3 is 0.870 bits per heavy atom. The summed E-state index contributed by atoms with van der Waals surface area (Å²) in [5, 5.41) is 25.0. The van der Waals surface area contributed by atoms with Gasteiger partial charge in [0, 0.05) is 160 Å². The normalized spacial score (nSPS) is 13.1. The molecule has 0 radical (unpaired) electrons. The Morgan fingerprint density at radius 1 is 0.333 bits per heavy atom. The number of hydrogen-bond donors (Lipinski definition) is 8. The molecular formula is C95H92Cl4F4N22O13. The summed E-state index contributed by atoms with van der Waals surface area (Å²) < 4.78 is 76.8. The van der Waals surface area contributed by atoms with Crippen LogP contribution in [0.25, 0.3) is 43.6 Å². The van der Waals surface area contributed by atoms with E-state index in [4.69, 9.17) is 65.4 Å². The summed E-state index contributed by atoms with van der Waals surface area (Å²) in [5.74, 6) is -4.86. The lowest BCUT2D eigenvalue weighted by atomic mass is 10.1. The number of nitrogens with zero attached hydrogens (tertiary/aromatic N) is 14. The lowest BCUT2D eigenvalue weighted by Crippen LogP contribution is -2.52. The maximum absolute atomic E-state index is 13.5. The van der Waals surface area contributed by atoms with Crippen molar-refractivity contribution in [2.24, 2.45) is 0 Å². The highest BCUT2D eigenvalue weighted by molar-refractivity contribution is 6.47. The van der Waals surface area contributed by atoms with Crippen LogP contribution in [0.5, 0.6) is 23.0 Å². The Kier molecular flexibility index (Phi) is 34.2. The molecule has 716 valence electrons. The average Bonchev–Trinajstić information content (AvgIpc) is 0.797. The molecule has 0 aliphatic carbocycles. The molecule has 0 bridgehead atoms. The molecule has 13 aromatic rings. The van der Waals surface area contributed by atoms with Gasteiger partial charge in [0.05, 0.1) is 91.3 Å². The second-order valence-electron chi connectivity index (χ2n) is 30.7. The molecule has 3 saturated heterocycles. The van der Waals surface area contributed by atoms with E-state index in [1.165, 1.54) is 115 Å². The van der Waals surface area contributed by atoms with E-state index < -0.39 is 70.4 Å². The van der Waals surface area contributed by atoms with E-state index in [9.17, 15) is 60.7 Å². The van der Waals surface area contributed by atoms with Crippen LogP contribution >= 0.6 is 46.4 Å². The minimum atomic E-state index is -0.830. The topological polar surface area (TPSA) is 409 Å². The predicted molar refractivity (Wildman–Crippen MR) is 518 cm³/mol. The maximum atomic E-state index is 13.5. The summed E-state index contributed by atoms with van der Waals surface area (Å²) in [6.07, 6.45) is 5.47. The third-order valence-corrected chi connectivity index (χ3v) is 22.8. The Balaban J connectivity index is 0.000000155. The van der Waals surface area contributed by atoms with Crippen LogP contribution in [-0.4, -0.2) is 241 Å². The van der Waals surface area contributed by atoms with Crippen molar-refractivity contribution in [2.45, 2.75) is 41.5 Å². The van der Waals surface area contributed by atoms with Crippen LogP contribution < -0.4 is 61.5 Å². The first-order valence-electron chi connectivity index (χ1n) is 43.4. The molecule has 0 saturated carbocycles. The fourth-order valence-electron chi connectivity index (χ4n) is 14.4. The maximum Gasteiger partial charge on any atom is 0.314 e. The number of likely N-dealkylation sites (N-methyl/N-ethyl adjacent to an activating group) is 2. The Bertz CT molecular complexity index is 6750. The monoisotopic (exact) mass is 1960 g/mol. The molecule has 3 fully saturated rings. The van der Waals surface area contributed by atoms with Gasteiger partial charge in [-0.25, -0.2) is 57.4 Å².